The van der Waals surface area contributed by atoms with Crippen molar-refractivity contribution in [1.29, 1.82) is 0 Å². The van der Waals surface area contributed by atoms with E-state index in [2.05, 4.69) is 4.98 Å². The van der Waals surface area contributed by atoms with E-state index in [0.29, 0.717) is 39.5 Å². The number of nitrogens with zero attached hydrogens (tertiary/aromatic N) is 3. The number of rotatable bonds is 4. The molecule has 0 aliphatic carbocycles. The molecule has 0 radical (unpaired) electrons. The van der Waals surface area contributed by atoms with Gasteiger partial charge in [-0.25, -0.2) is 14.8 Å². The molecule has 2 N–H and O–H groups in total. The maximum atomic E-state index is 13.0. The number of ether oxygens (including phenoxy) is 2. The molecule has 30 heavy (non-hydrogen) atoms. The van der Waals surface area contributed by atoms with Crippen LogP contribution in [-0.2, 0) is 9.47 Å². The van der Waals surface area contributed by atoms with E-state index in [1.54, 1.807) is 16.7 Å². The van der Waals surface area contributed by atoms with E-state index >= 15 is 0 Å². The van der Waals surface area contributed by atoms with E-state index in [9.17, 15) is 4.79 Å². The standard InChI is InChI=1S/C22H19ClN4O3/c23-13-5-3-6-14(11-13)27-20(24)18(22(28)30-12-15-7-4-10-29-15)19-21(27)26-17-9-2-1-8-16(17)25-19/h1-3,5-6,8-9,11,15H,4,7,10,12,24H2. The fourth-order valence-corrected chi connectivity index (χ4v) is 3.94. The predicted octanol–water partition coefficient (Wildman–Crippen LogP) is 4.15. The highest BCUT2D eigenvalue weighted by molar-refractivity contribution is 6.30. The first kappa shape index (κ1) is 18.8. The minimum absolute atomic E-state index is 0.0802. The van der Waals surface area contributed by atoms with Crippen molar-refractivity contribution in [3.8, 4) is 5.69 Å². The van der Waals surface area contributed by atoms with E-state index in [-0.39, 0.29) is 24.1 Å². The summed E-state index contributed by atoms with van der Waals surface area (Å²) in [6.45, 7) is 0.874. The third-order valence-corrected chi connectivity index (χ3v) is 5.43. The molecule has 0 amide bonds. The van der Waals surface area contributed by atoms with Gasteiger partial charge >= 0.3 is 5.97 Å². The Morgan fingerprint density at radius 1 is 1.20 bits per heavy atom. The molecular weight excluding hydrogens is 404 g/mol. The van der Waals surface area contributed by atoms with Crippen molar-refractivity contribution in [3.63, 3.8) is 0 Å². The maximum absolute atomic E-state index is 13.0. The Labute approximate surface area is 177 Å². The van der Waals surface area contributed by atoms with Gasteiger partial charge in [-0.15, -0.1) is 0 Å². The number of aromatic nitrogens is 3. The molecule has 5 rings (SSSR count). The molecule has 1 unspecified atom stereocenters. The average Bonchev–Trinajstić information content (AvgIpc) is 3.35. The van der Waals surface area contributed by atoms with Gasteiger partial charge in [-0.2, -0.15) is 0 Å². The number of halogens is 1. The molecule has 1 saturated heterocycles. The van der Waals surface area contributed by atoms with Gasteiger partial charge in [0.25, 0.3) is 0 Å². The van der Waals surface area contributed by atoms with Crippen LogP contribution in [0.5, 0.6) is 0 Å². The number of fused-ring (bicyclic) bond motifs is 2. The number of carbonyl (C=O) groups is 1. The first-order chi connectivity index (χ1) is 14.6. The summed E-state index contributed by atoms with van der Waals surface area (Å²) in [4.78, 5) is 22.4. The summed E-state index contributed by atoms with van der Waals surface area (Å²) in [5, 5.41) is 0.546. The van der Waals surface area contributed by atoms with Crippen molar-refractivity contribution in [2.24, 2.45) is 0 Å². The number of benzene rings is 2. The second-order valence-electron chi connectivity index (χ2n) is 7.19. The highest BCUT2D eigenvalue weighted by atomic mass is 35.5. The third-order valence-electron chi connectivity index (χ3n) is 5.19. The molecule has 0 bridgehead atoms. The third kappa shape index (κ3) is 3.26. The summed E-state index contributed by atoms with van der Waals surface area (Å²) < 4.78 is 12.8. The number of carbonyl (C=O) groups excluding carboxylic acids is 1. The van der Waals surface area contributed by atoms with Crippen LogP contribution >= 0.6 is 11.6 Å². The van der Waals surface area contributed by atoms with E-state index in [1.807, 2.05) is 36.4 Å². The molecule has 2 aromatic carbocycles. The molecule has 4 aromatic rings. The molecular formula is C22H19ClN4O3. The largest absolute Gasteiger partial charge is 0.459 e. The summed E-state index contributed by atoms with van der Waals surface area (Å²) in [7, 11) is 0. The molecule has 7 nitrogen and oxygen atoms in total. The van der Waals surface area contributed by atoms with E-state index in [0.717, 1.165) is 12.8 Å². The maximum Gasteiger partial charge on any atom is 0.344 e. The van der Waals surface area contributed by atoms with Gasteiger partial charge in [0.05, 0.1) is 22.8 Å². The molecule has 1 aliphatic heterocycles. The average molecular weight is 423 g/mol. The lowest BCUT2D eigenvalue weighted by atomic mass is 10.2. The summed E-state index contributed by atoms with van der Waals surface area (Å²) in [5.41, 5.74) is 9.57. The minimum Gasteiger partial charge on any atom is -0.459 e. The Morgan fingerprint density at radius 2 is 2.00 bits per heavy atom. The van der Waals surface area contributed by atoms with Crippen molar-refractivity contribution in [1.82, 2.24) is 14.5 Å². The van der Waals surface area contributed by atoms with E-state index < -0.39 is 5.97 Å². The first-order valence-electron chi connectivity index (χ1n) is 9.73. The van der Waals surface area contributed by atoms with Crippen molar-refractivity contribution in [2.45, 2.75) is 18.9 Å². The van der Waals surface area contributed by atoms with Crippen molar-refractivity contribution < 1.29 is 14.3 Å². The highest BCUT2D eigenvalue weighted by Crippen LogP contribution is 2.32. The zero-order chi connectivity index (χ0) is 20.7. The van der Waals surface area contributed by atoms with Gasteiger partial charge in [0.2, 0.25) is 0 Å². The van der Waals surface area contributed by atoms with Crippen molar-refractivity contribution >= 4 is 45.6 Å². The SMILES string of the molecule is Nc1c(C(=O)OCC2CCCO2)c2nc3ccccc3nc2n1-c1cccc(Cl)c1. The van der Waals surface area contributed by atoms with Crippen LogP contribution in [0.4, 0.5) is 5.82 Å². The summed E-state index contributed by atoms with van der Waals surface area (Å²) in [6, 6.07) is 14.7. The second kappa shape index (κ2) is 7.59. The van der Waals surface area contributed by atoms with Gasteiger partial charge in [0.1, 0.15) is 23.5 Å². The van der Waals surface area contributed by atoms with Crippen LogP contribution in [0.25, 0.3) is 27.9 Å². The second-order valence-corrected chi connectivity index (χ2v) is 7.63. The number of hydrogen-bond acceptors (Lipinski definition) is 6. The molecule has 1 fully saturated rings. The molecule has 2 aromatic heterocycles. The van der Waals surface area contributed by atoms with Gasteiger partial charge in [0.15, 0.2) is 5.65 Å². The van der Waals surface area contributed by atoms with Crippen LogP contribution in [0.15, 0.2) is 48.5 Å². The Bertz CT molecular complexity index is 1260. The lowest BCUT2D eigenvalue weighted by Crippen LogP contribution is -2.18. The fraction of sp³-hybridized carbons (Fsp3) is 0.227. The van der Waals surface area contributed by atoms with E-state index in [1.165, 1.54) is 0 Å². The van der Waals surface area contributed by atoms with Crippen LogP contribution in [0, 0.1) is 0 Å². The summed E-state index contributed by atoms with van der Waals surface area (Å²) >= 11 is 6.19. The number of para-hydroxylation sites is 2. The number of nitrogen functional groups attached to an aromatic ring is 1. The van der Waals surface area contributed by atoms with Gasteiger partial charge < -0.3 is 15.2 Å². The van der Waals surface area contributed by atoms with Crippen molar-refractivity contribution in [2.75, 3.05) is 18.9 Å². The Hall–Kier alpha value is -3.16. The lowest BCUT2D eigenvalue weighted by Gasteiger charge is -2.10. The summed E-state index contributed by atoms with van der Waals surface area (Å²) in [6.07, 6.45) is 1.76. The smallest absolute Gasteiger partial charge is 0.344 e. The Morgan fingerprint density at radius 3 is 2.73 bits per heavy atom. The molecule has 0 saturated carbocycles. The molecule has 152 valence electrons. The highest BCUT2D eigenvalue weighted by Gasteiger charge is 2.27. The molecule has 3 heterocycles. The fourth-order valence-electron chi connectivity index (χ4n) is 3.76. The van der Waals surface area contributed by atoms with Gasteiger partial charge in [-0.1, -0.05) is 29.8 Å². The number of hydrogen-bond donors (Lipinski definition) is 1. The molecule has 1 atom stereocenters. The monoisotopic (exact) mass is 422 g/mol. The normalized spacial score (nSPS) is 16.4. The first-order valence-corrected chi connectivity index (χ1v) is 10.1. The van der Waals surface area contributed by atoms with Crippen LogP contribution < -0.4 is 5.73 Å². The van der Waals surface area contributed by atoms with Crippen LogP contribution in [0.2, 0.25) is 5.02 Å². The Balaban J connectivity index is 1.67. The van der Waals surface area contributed by atoms with Gasteiger partial charge in [-0.05, 0) is 43.2 Å². The lowest BCUT2D eigenvalue weighted by molar-refractivity contribution is 0.0163. The predicted molar refractivity (Wildman–Crippen MR) is 115 cm³/mol. The molecule has 8 heteroatoms. The van der Waals surface area contributed by atoms with Gasteiger partial charge in [-0.3, -0.25) is 4.57 Å². The molecule has 1 aliphatic rings. The zero-order valence-corrected chi connectivity index (χ0v) is 16.8. The number of nitrogens with two attached hydrogens (primary N) is 1. The van der Waals surface area contributed by atoms with Crippen LogP contribution in [0.1, 0.15) is 23.2 Å². The van der Waals surface area contributed by atoms with Crippen molar-refractivity contribution in [3.05, 3.63) is 59.1 Å². The van der Waals surface area contributed by atoms with E-state index in [4.69, 9.17) is 31.8 Å². The molecule has 0 spiro atoms. The summed E-state index contributed by atoms with van der Waals surface area (Å²) in [5.74, 6) is -0.335. The van der Waals surface area contributed by atoms with Gasteiger partial charge in [0, 0.05) is 11.6 Å². The minimum atomic E-state index is -0.543. The van der Waals surface area contributed by atoms with Crippen LogP contribution in [0.3, 0.4) is 0 Å². The quantitative estimate of drug-likeness (QED) is 0.497. The van der Waals surface area contributed by atoms with Crippen LogP contribution in [-0.4, -0.2) is 39.8 Å². The topological polar surface area (TPSA) is 92.3 Å². The Kier molecular flexibility index (Phi) is 4.77. The number of esters is 1. The number of anilines is 1. The zero-order valence-electron chi connectivity index (χ0n) is 16.0.